The number of hydrogen-bond donors (Lipinski definition) is 2. The topological polar surface area (TPSA) is 177 Å². The highest BCUT2D eigenvalue weighted by atomic mass is 32.2. The molecule has 2 N–H and O–H groups in total. The molecule has 4 aromatic carbocycles. The molecule has 56 heavy (non-hydrogen) atoms. The van der Waals surface area contributed by atoms with Crippen LogP contribution in [0.15, 0.2) is 119 Å². The molecule has 286 valence electrons. The average Bonchev–Trinajstić information content (AvgIpc) is 3.22. The summed E-state index contributed by atoms with van der Waals surface area (Å²) in [7, 11) is -4.50. The van der Waals surface area contributed by atoms with Gasteiger partial charge in [0.2, 0.25) is 0 Å². The van der Waals surface area contributed by atoms with Crippen LogP contribution >= 0.6 is 11.8 Å². The molecule has 1 fully saturated rings. The Labute approximate surface area is 328 Å². The van der Waals surface area contributed by atoms with Crippen molar-refractivity contribution in [2.45, 2.75) is 16.7 Å². The van der Waals surface area contributed by atoms with Crippen molar-refractivity contribution in [2.24, 2.45) is 0 Å². The van der Waals surface area contributed by atoms with Crippen molar-refractivity contribution < 1.29 is 27.7 Å². The number of nitrogens with one attached hydrogen (secondary N) is 2. The molecule has 1 aromatic heterocycles. The van der Waals surface area contributed by atoms with Gasteiger partial charge in [-0.15, -0.1) is 22.0 Å². The number of aromatic nitrogens is 2. The SMILES string of the molecule is CCOc1cccc(C#Cc2ccccc2C(=O)N2CCN(c3ccc(C(=O)NS(=O)(=O)c4ccc(NCCSc5ccccc5)c([N+](=O)[O-])c4)nn3)CC2)c1. The second kappa shape index (κ2) is 18.3. The van der Waals surface area contributed by atoms with E-state index in [9.17, 15) is 28.1 Å². The van der Waals surface area contributed by atoms with Crippen molar-refractivity contribution in [2.75, 3.05) is 55.3 Å². The number of benzene rings is 4. The average molecular weight is 792 g/mol. The van der Waals surface area contributed by atoms with Crippen LogP contribution in [0.3, 0.4) is 0 Å². The lowest BCUT2D eigenvalue weighted by Gasteiger charge is -2.35. The fourth-order valence-electron chi connectivity index (χ4n) is 5.76. The number of carbonyl (C=O) groups excluding carboxylic acids is 2. The molecule has 6 rings (SSSR count). The minimum Gasteiger partial charge on any atom is -0.494 e. The van der Waals surface area contributed by atoms with E-state index in [1.165, 1.54) is 18.2 Å². The highest BCUT2D eigenvalue weighted by molar-refractivity contribution is 7.99. The monoisotopic (exact) mass is 791 g/mol. The molecule has 0 aliphatic carbocycles. The van der Waals surface area contributed by atoms with Crippen LogP contribution in [0.4, 0.5) is 17.2 Å². The Kier molecular flexibility index (Phi) is 12.8. The molecule has 0 saturated carbocycles. The Morgan fingerprint density at radius 3 is 2.39 bits per heavy atom. The maximum Gasteiger partial charge on any atom is 0.293 e. The molecule has 0 radical (unpaired) electrons. The number of carbonyl (C=O) groups is 2. The van der Waals surface area contributed by atoms with Crippen molar-refractivity contribution in [3.8, 4) is 17.6 Å². The van der Waals surface area contributed by atoms with Crippen molar-refractivity contribution in [1.82, 2.24) is 19.8 Å². The fourth-order valence-corrected chi connectivity index (χ4v) is 7.53. The Balaban J connectivity index is 1.03. The summed E-state index contributed by atoms with van der Waals surface area (Å²) >= 11 is 1.57. The highest BCUT2D eigenvalue weighted by Gasteiger charge is 2.27. The predicted octanol–water partition coefficient (Wildman–Crippen LogP) is 5.47. The van der Waals surface area contributed by atoms with Crippen molar-refractivity contribution in [3.63, 3.8) is 0 Å². The number of rotatable bonds is 13. The largest absolute Gasteiger partial charge is 0.494 e. The lowest BCUT2D eigenvalue weighted by atomic mass is 10.1. The molecule has 2 amide bonds. The van der Waals surface area contributed by atoms with Gasteiger partial charge >= 0.3 is 0 Å². The zero-order valence-corrected chi connectivity index (χ0v) is 31.9. The smallest absolute Gasteiger partial charge is 0.293 e. The quantitative estimate of drug-likeness (QED) is 0.0507. The molecule has 0 spiro atoms. The number of anilines is 2. The summed E-state index contributed by atoms with van der Waals surface area (Å²) < 4.78 is 33.7. The van der Waals surface area contributed by atoms with Crippen LogP contribution in [0.5, 0.6) is 5.75 Å². The molecule has 0 bridgehead atoms. The predicted molar refractivity (Wildman–Crippen MR) is 214 cm³/mol. The van der Waals surface area contributed by atoms with Gasteiger partial charge in [0, 0.05) is 60.6 Å². The molecule has 1 aliphatic heterocycles. The number of sulfonamides is 1. The number of piperazine rings is 1. The lowest BCUT2D eigenvalue weighted by molar-refractivity contribution is -0.384. The number of ether oxygens (including phenoxy) is 1. The summed E-state index contributed by atoms with van der Waals surface area (Å²) in [6.07, 6.45) is 0. The van der Waals surface area contributed by atoms with Crippen molar-refractivity contribution in [1.29, 1.82) is 0 Å². The van der Waals surface area contributed by atoms with Gasteiger partial charge in [-0.1, -0.05) is 48.2 Å². The second-order valence-electron chi connectivity index (χ2n) is 12.3. The Bertz CT molecular complexity index is 2380. The summed E-state index contributed by atoms with van der Waals surface area (Å²) in [5.41, 5.74) is 1.31. The Morgan fingerprint density at radius 1 is 0.893 bits per heavy atom. The van der Waals surface area contributed by atoms with E-state index in [2.05, 4.69) is 27.4 Å². The number of thioether (sulfide) groups is 1. The van der Waals surface area contributed by atoms with Gasteiger partial charge in [0.05, 0.1) is 22.0 Å². The second-order valence-corrected chi connectivity index (χ2v) is 15.1. The third kappa shape index (κ3) is 10.00. The van der Waals surface area contributed by atoms with E-state index in [1.54, 1.807) is 34.9 Å². The maximum atomic E-state index is 13.6. The van der Waals surface area contributed by atoms with Gasteiger partial charge in [0.15, 0.2) is 11.5 Å². The van der Waals surface area contributed by atoms with Crippen LogP contribution in [0.2, 0.25) is 0 Å². The normalized spacial score (nSPS) is 12.6. The number of nitro benzene ring substituents is 1. The minimum absolute atomic E-state index is 0.147. The van der Waals surface area contributed by atoms with E-state index in [0.29, 0.717) is 62.0 Å². The first kappa shape index (κ1) is 39.3. The summed E-state index contributed by atoms with van der Waals surface area (Å²) in [4.78, 5) is 41.9. The zero-order valence-electron chi connectivity index (χ0n) is 30.3. The lowest BCUT2D eigenvalue weighted by Crippen LogP contribution is -2.49. The summed E-state index contributed by atoms with van der Waals surface area (Å²) in [6, 6.07) is 30.6. The molecule has 16 heteroatoms. The van der Waals surface area contributed by atoms with Crippen LogP contribution in [-0.2, 0) is 10.0 Å². The van der Waals surface area contributed by atoms with Gasteiger partial charge in [-0.25, -0.2) is 13.1 Å². The molecule has 14 nitrogen and oxygen atoms in total. The van der Waals surface area contributed by atoms with Crippen LogP contribution in [0, 0.1) is 22.0 Å². The van der Waals surface area contributed by atoms with E-state index in [1.807, 2.05) is 83.3 Å². The van der Waals surface area contributed by atoms with Crippen LogP contribution < -0.4 is 19.7 Å². The highest BCUT2D eigenvalue weighted by Crippen LogP contribution is 2.28. The molecule has 1 aliphatic rings. The van der Waals surface area contributed by atoms with Crippen LogP contribution in [-0.4, -0.2) is 85.3 Å². The molecular formula is C40H37N7O7S2. The van der Waals surface area contributed by atoms with Gasteiger partial charge in [-0.3, -0.25) is 19.7 Å². The molecular weight excluding hydrogens is 755 g/mol. The minimum atomic E-state index is -4.50. The number of nitrogens with zero attached hydrogens (tertiary/aromatic N) is 5. The van der Waals surface area contributed by atoms with Crippen molar-refractivity contribution in [3.05, 3.63) is 142 Å². The van der Waals surface area contributed by atoms with Gasteiger partial charge in [-0.05, 0) is 73.7 Å². The Morgan fingerprint density at radius 2 is 1.66 bits per heavy atom. The van der Waals surface area contributed by atoms with E-state index in [0.717, 1.165) is 22.3 Å². The zero-order chi connectivity index (χ0) is 39.5. The molecule has 2 heterocycles. The Hall–Kier alpha value is -6.44. The fraction of sp³-hybridized carbons (Fsp3) is 0.200. The third-order valence-electron chi connectivity index (χ3n) is 8.55. The van der Waals surface area contributed by atoms with Crippen LogP contribution in [0.25, 0.3) is 0 Å². The molecule has 0 atom stereocenters. The number of amides is 2. The van der Waals surface area contributed by atoms with E-state index in [-0.39, 0.29) is 17.3 Å². The van der Waals surface area contributed by atoms with E-state index >= 15 is 0 Å². The van der Waals surface area contributed by atoms with Crippen molar-refractivity contribution >= 4 is 50.8 Å². The van der Waals surface area contributed by atoms with Gasteiger partial charge in [-0.2, -0.15) is 0 Å². The summed E-state index contributed by atoms with van der Waals surface area (Å²) in [5.74, 6) is 6.84. The third-order valence-corrected chi connectivity index (χ3v) is 10.9. The van der Waals surface area contributed by atoms with Gasteiger partial charge in [0.25, 0.3) is 27.5 Å². The first-order valence-electron chi connectivity index (χ1n) is 17.6. The molecule has 0 unspecified atom stereocenters. The maximum absolute atomic E-state index is 13.6. The molecule has 5 aromatic rings. The van der Waals surface area contributed by atoms with Gasteiger partial charge in [0.1, 0.15) is 11.4 Å². The summed E-state index contributed by atoms with van der Waals surface area (Å²) in [6.45, 7) is 4.52. The first-order valence-corrected chi connectivity index (χ1v) is 20.1. The first-order chi connectivity index (χ1) is 27.1. The van der Waals surface area contributed by atoms with Crippen LogP contribution in [0.1, 0.15) is 38.9 Å². The number of hydrogen-bond acceptors (Lipinski definition) is 12. The number of nitro groups is 1. The molecule has 1 saturated heterocycles. The van der Waals surface area contributed by atoms with E-state index in [4.69, 9.17) is 4.74 Å². The standard InChI is InChI=1S/C40H37N7O7S2/c1-2-54-31-11-8-9-29(27-31)15-16-30-10-6-7-14-34(30)40(49)46-24-22-45(23-25-46)38-20-19-36(42-43-38)39(48)44-56(52,53)33-17-18-35(37(28-33)47(50)51)41-21-26-55-32-12-4-3-5-13-32/h3-14,17-20,27-28,41H,2,21-26H2,1H3,(H,44,48). The summed E-state index contributed by atoms with van der Waals surface area (Å²) in [5, 5.41) is 22.9. The van der Waals surface area contributed by atoms with Gasteiger partial charge < -0.3 is 19.9 Å². The van der Waals surface area contributed by atoms with E-state index < -0.39 is 31.4 Å².